The largest absolute Gasteiger partial charge is 0.391 e. The van der Waals surface area contributed by atoms with Crippen molar-refractivity contribution in [3.05, 3.63) is 23.3 Å². The minimum Gasteiger partial charge on any atom is -0.391 e. The van der Waals surface area contributed by atoms with Gasteiger partial charge in [-0.05, 0) is 13.8 Å². The van der Waals surface area contributed by atoms with Gasteiger partial charge < -0.3 is 10.0 Å². The van der Waals surface area contributed by atoms with Gasteiger partial charge in [0.1, 0.15) is 6.33 Å². The summed E-state index contributed by atoms with van der Waals surface area (Å²) in [6.45, 7) is 3.76. The van der Waals surface area contributed by atoms with Crippen LogP contribution in [-0.4, -0.2) is 77.6 Å². The number of carbonyl (C=O) groups is 1. The Morgan fingerprint density at radius 2 is 1.87 bits per heavy atom. The Morgan fingerprint density at radius 3 is 2.39 bits per heavy atom. The predicted octanol–water partition coefficient (Wildman–Crippen LogP) is -0.582. The van der Waals surface area contributed by atoms with Crippen LogP contribution in [0.1, 0.15) is 21.7 Å². The average Bonchev–Trinajstić information content (AvgIpc) is 2.79. The Hall–Kier alpha value is -1.58. The van der Waals surface area contributed by atoms with Gasteiger partial charge >= 0.3 is 0 Å². The maximum atomic E-state index is 12.7. The first kappa shape index (κ1) is 17.8. The highest BCUT2D eigenvalue weighted by molar-refractivity contribution is 7.89. The van der Waals surface area contributed by atoms with E-state index in [1.54, 1.807) is 13.8 Å². The van der Waals surface area contributed by atoms with E-state index in [2.05, 4.69) is 9.97 Å². The Balaban J connectivity index is 2.17. The second-order valence-corrected chi connectivity index (χ2v) is 8.25. The van der Waals surface area contributed by atoms with Crippen LogP contribution in [0.3, 0.4) is 0 Å². The normalized spacial score (nSPS) is 21.9. The predicted molar refractivity (Wildman–Crippen MR) is 84.4 cm³/mol. The van der Waals surface area contributed by atoms with Gasteiger partial charge in [-0.2, -0.15) is 0 Å². The van der Waals surface area contributed by atoms with Crippen LogP contribution in [0.5, 0.6) is 0 Å². The fraction of sp³-hybridized carbons (Fsp3) is 0.643. The van der Waals surface area contributed by atoms with Crippen LogP contribution >= 0.6 is 0 Å². The quantitative estimate of drug-likeness (QED) is 0.785. The van der Waals surface area contributed by atoms with Crippen molar-refractivity contribution in [1.29, 1.82) is 0 Å². The number of aliphatic hydroxyl groups excluding tert-OH is 1. The lowest BCUT2D eigenvalue weighted by atomic mass is 10.1. The van der Waals surface area contributed by atoms with E-state index in [4.69, 9.17) is 0 Å². The van der Waals surface area contributed by atoms with Crippen molar-refractivity contribution < 1.29 is 18.3 Å². The number of aryl methyl sites for hydroxylation is 2. The van der Waals surface area contributed by atoms with E-state index >= 15 is 0 Å². The van der Waals surface area contributed by atoms with E-state index < -0.39 is 22.0 Å². The molecule has 1 N–H and O–H groups in total. The number of aromatic nitrogens is 2. The lowest BCUT2D eigenvalue weighted by Crippen LogP contribution is -2.34. The zero-order valence-electron chi connectivity index (χ0n) is 13.7. The second kappa shape index (κ2) is 6.50. The van der Waals surface area contributed by atoms with Crippen LogP contribution < -0.4 is 0 Å². The van der Waals surface area contributed by atoms with Gasteiger partial charge in [-0.15, -0.1) is 0 Å². The molecule has 8 nitrogen and oxygen atoms in total. The Labute approximate surface area is 136 Å². The Bertz CT molecular complexity index is 684. The third kappa shape index (κ3) is 3.67. The molecule has 23 heavy (non-hydrogen) atoms. The van der Waals surface area contributed by atoms with Gasteiger partial charge in [0.25, 0.3) is 5.91 Å². The van der Waals surface area contributed by atoms with Crippen LogP contribution in [-0.2, 0) is 10.0 Å². The molecule has 0 aliphatic carbocycles. The Morgan fingerprint density at radius 1 is 1.30 bits per heavy atom. The molecule has 0 aromatic carbocycles. The third-order valence-corrected chi connectivity index (χ3v) is 6.08. The van der Waals surface area contributed by atoms with E-state index in [0.29, 0.717) is 17.0 Å². The number of nitrogens with zero attached hydrogens (tertiary/aromatic N) is 4. The lowest BCUT2D eigenvalue weighted by molar-refractivity contribution is 0.0762. The van der Waals surface area contributed by atoms with Crippen molar-refractivity contribution in [2.24, 2.45) is 5.92 Å². The summed E-state index contributed by atoms with van der Waals surface area (Å²) in [5.41, 5.74) is 1.55. The van der Waals surface area contributed by atoms with E-state index in [1.807, 2.05) is 0 Å². The summed E-state index contributed by atoms with van der Waals surface area (Å²) in [4.78, 5) is 22.2. The molecule has 0 saturated carbocycles. The van der Waals surface area contributed by atoms with Crippen LogP contribution in [0.25, 0.3) is 0 Å². The van der Waals surface area contributed by atoms with Crippen LogP contribution in [0.4, 0.5) is 0 Å². The van der Waals surface area contributed by atoms with Gasteiger partial charge in [0.2, 0.25) is 10.0 Å². The summed E-state index contributed by atoms with van der Waals surface area (Å²) in [5, 5.41) is 10.1. The average molecular weight is 342 g/mol. The molecule has 0 bridgehead atoms. The Kier molecular flexibility index (Phi) is 5.02. The molecule has 128 valence electrons. The molecule has 0 spiro atoms. The van der Waals surface area contributed by atoms with Gasteiger partial charge in [0.15, 0.2) is 0 Å². The maximum absolute atomic E-state index is 12.7. The summed E-state index contributed by atoms with van der Waals surface area (Å²) in [5.74, 6) is -0.963. The maximum Gasteiger partial charge on any atom is 0.257 e. The van der Waals surface area contributed by atoms with Crippen molar-refractivity contribution in [3.63, 3.8) is 0 Å². The molecule has 2 heterocycles. The monoisotopic (exact) mass is 342 g/mol. The lowest BCUT2D eigenvalue weighted by Gasteiger charge is -2.19. The van der Waals surface area contributed by atoms with Crippen LogP contribution in [0.2, 0.25) is 0 Å². The van der Waals surface area contributed by atoms with Crippen molar-refractivity contribution in [2.45, 2.75) is 20.0 Å². The van der Waals surface area contributed by atoms with Crippen molar-refractivity contribution in [1.82, 2.24) is 19.2 Å². The third-order valence-electron chi connectivity index (χ3n) is 4.11. The molecule has 1 amide bonds. The molecular weight excluding hydrogens is 320 g/mol. The standard InChI is InChI=1S/C14H22N4O4S/c1-9-13(10(2)16-8-15-9)14(20)18-5-11(12(19)6-18)7-23(21,22)17(3)4/h8,11-12,19H,5-7H2,1-4H3/t11-,12-/m0/s1. The molecule has 1 aliphatic rings. The van der Waals surface area contributed by atoms with Gasteiger partial charge in [-0.3, -0.25) is 4.79 Å². The highest BCUT2D eigenvalue weighted by Crippen LogP contribution is 2.23. The molecule has 2 rings (SSSR count). The van der Waals surface area contributed by atoms with E-state index in [-0.39, 0.29) is 24.7 Å². The second-order valence-electron chi connectivity index (χ2n) is 6.02. The van der Waals surface area contributed by atoms with Crippen LogP contribution in [0, 0.1) is 19.8 Å². The highest BCUT2D eigenvalue weighted by atomic mass is 32.2. The molecular formula is C14H22N4O4S. The van der Waals surface area contributed by atoms with E-state index in [9.17, 15) is 18.3 Å². The number of sulfonamides is 1. The number of likely N-dealkylation sites (tertiary alicyclic amines) is 1. The summed E-state index contributed by atoms with van der Waals surface area (Å²) in [6.07, 6.45) is 0.533. The summed E-state index contributed by atoms with van der Waals surface area (Å²) < 4.78 is 25.1. The van der Waals surface area contributed by atoms with Crippen molar-refractivity contribution >= 4 is 15.9 Å². The molecule has 1 aromatic heterocycles. The SMILES string of the molecule is Cc1ncnc(C)c1C(=O)N1C[C@@H](CS(=O)(=O)N(C)C)[C@@H](O)C1. The minimum absolute atomic E-state index is 0.111. The molecule has 1 fully saturated rings. The molecule has 1 aliphatic heterocycles. The van der Waals surface area contributed by atoms with Crippen molar-refractivity contribution in [3.8, 4) is 0 Å². The molecule has 0 radical (unpaired) electrons. The number of hydrogen-bond acceptors (Lipinski definition) is 6. The van der Waals surface area contributed by atoms with Gasteiger partial charge in [-0.1, -0.05) is 0 Å². The molecule has 1 aromatic rings. The molecule has 1 saturated heterocycles. The summed E-state index contributed by atoms with van der Waals surface area (Å²) in [7, 11) is -0.530. The number of amides is 1. The van der Waals surface area contributed by atoms with Gasteiger partial charge in [0, 0.05) is 33.1 Å². The first-order chi connectivity index (χ1) is 10.6. The minimum atomic E-state index is -3.43. The summed E-state index contributed by atoms with van der Waals surface area (Å²) >= 11 is 0. The first-order valence-corrected chi connectivity index (χ1v) is 8.90. The smallest absolute Gasteiger partial charge is 0.257 e. The number of hydrogen-bond donors (Lipinski definition) is 1. The molecule has 9 heteroatoms. The number of carbonyl (C=O) groups excluding carboxylic acids is 1. The number of β-amino-alcohol motifs (C(OH)–C–C–N with tert-alkyl or cyclic N) is 1. The zero-order chi connectivity index (χ0) is 17.4. The van der Waals surface area contributed by atoms with Gasteiger partial charge in [-0.25, -0.2) is 22.7 Å². The summed E-state index contributed by atoms with van der Waals surface area (Å²) in [6, 6.07) is 0. The number of rotatable bonds is 4. The fourth-order valence-corrected chi connectivity index (χ4v) is 3.83. The topological polar surface area (TPSA) is 104 Å². The fourth-order valence-electron chi connectivity index (χ4n) is 2.66. The zero-order valence-corrected chi connectivity index (χ0v) is 14.5. The van der Waals surface area contributed by atoms with Crippen molar-refractivity contribution in [2.75, 3.05) is 32.9 Å². The van der Waals surface area contributed by atoms with Gasteiger partial charge in [0.05, 0.1) is 28.8 Å². The molecule has 0 unspecified atom stereocenters. The number of aliphatic hydroxyl groups is 1. The first-order valence-electron chi connectivity index (χ1n) is 7.29. The highest BCUT2D eigenvalue weighted by Gasteiger charge is 2.38. The molecule has 2 atom stereocenters. The van der Waals surface area contributed by atoms with E-state index in [1.165, 1.54) is 25.3 Å². The van der Waals surface area contributed by atoms with E-state index in [0.717, 1.165) is 4.31 Å². The van der Waals surface area contributed by atoms with Crippen LogP contribution in [0.15, 0.2) is 6.33 Å².